The molecule has 0 aliphatic carbocycles. The van der Waals surface area contributed by atoms with Gasteiger partial charge in [-0.15, -0.1) is 5.10 Å². The number of benzene rings is 1. The van der Waals surface area contributed by atoms with Gasteiger partial charge in [-0.1, -0.05) is 18.5 Å². The van der Waals surface area contributed by atoms with Gasteiger partial charge >= 0.3 is 0 Å². The first-order valence-electron chi connectivity index (χ1n) is 10.9. The maximum Gasteiger partial charge on any atom is 0.254 e. The predicted octanol–water partition coefficient (Wildman–Crippen LogP) is 2.54. The molecule has 0 unspecified atom stereocenters. The van der Waals surface area contributed by atoms with Gasteiger partial charge in [-0.3, -0.25) is 9.36 Å². The molecule has 0 saturated heterocycles. The van der Waals surface area contributed by atoms with Gasteiger partial charge < -0.3 is 10.7 Å². The number of rotatable bonds is 4. The number of nitrogens with zero attached hydrogens (tertiary/aromatic N) is 9. The fraction of sp³-hybridized carbons (Fsp3) is 0.182. The molecule has 0 spiro atoms. The fourth-order valence-electron chi connectivity index (χ4n) is 4.45. The van der Waals surface area contributed by atoms with E-state index < -0.39 is 5.82 Å². The lowest BCUT2D eigenvalue weighted by atomic mass is 10.1. The number of nitrogen functional groups attached to an aromatic ring is 1. The molecule has 2 atom stereocenters. The van der Waals surface area contributed by atoms with Crippen molar-refractivity contribution in [1.29, 1.82) is 0 Å². The number of hydrogen-bond acceptors (Lipinski definition) is 9. The van der Waals surface area contributed by atoms with Gasteiger partial charge in [-0.05, 0) is 29.0 Å². The first-order chi connectivity index (χ1) is 17.4. The van der Waals surface area contributed by atoms with E-state index in [1.807, 2.05) is 6.92 Å². The Kier molecular flexibility index (Phi) is 5.07. The van der Waals surface area contributed by atoms with Crippen molar-refractivity contribution in [1.82, 2.24) is 49.7 Å². The molecule has 0 amide bonds. The maximum absolute atomic E-state index is 15.3. The summed E-state index contributed by atoms with van der Waals surface area (Å²) in [4.78, 5) is 33.8. The van der Waals surface area contributed by atoms with Crippen LogP contribution in [0.3, 0.4) is 0 Å². The number of H-pyrrole nitrogens is 1. The van der Waals surface area contributed by atoms with Crippen molar-refractivity contribution >= 4 is 17.5 Å². The third-order valence-corrected chi connectivity index (χ3v) is 6.42. The average molecular weight is 506 g/mol. The van der Waals surface area contributed by atoms with Crippen molar-refractivity contribution in [2.75, 3.05) is 5.73 Å². The molecule has 0 radical (unpaired) electrons. The summed E-state index contributed by atoms with van der Waals surface area (Å²) in [5, 5.41) is 11.0. The average Bonchev–Trinajstić information content (AvgIpc) is 3.62. The largest absolute Gasteiger partial charge is 0.368 e. The number of hydrogen-bond donors (Lipinski definition) is 2. The molecule has 36 heavy (non-hydrogen) atoms. The van der Waals surface area contributed by atoms with Crippen LogP contribution in [0.25, 0.3) is 28.2 Å². The highest BCUT2D eigenvalue weighted by Gasteiger charge is 2.34. The zero-order valence-corrected chi connectivity index (χ0v) is 19.4. The lowest BCUT2D eigenvalue weighted by Crippen LogP contribution is -2.25. The molecule has 1 aliphatic rings. The monoisotopic (exact) mass is 505 g/mol. The Labute approximate surface area is 207 Å². The summed E-state index contributed by atoms with van der Waals surface area (Å²) in [5.74, 6) is 0.454. The van der Waals surface area contributed by atoms with Crippen LogP contribution >= 0.6 is 11.6 Å². The van der Waals surface area contributed by atoms with Gasteiger partial charge in [0.2, 0.25) is 5.95 Å². The molecule has 12 nitrogen and oxygen atoms in total. The molecule has 5 heterocycles. The summed E-state index contributed by atoms with van der Waals surface area (Å²) >= 11 is 6.07. The normalized spacial score (nSPS) is 16.9. The number of halogens is 2. The summed E-state index contributed by atoms with van der Waals surface area (Å²) in [6.07, 6.45) is 6.74. The number of tetrazole rings is 1. The van der Waals surface area contributed by atoms with E-state index in [1.54, 1.807) is 29.2 Å². The lowest BCUT2D eigenvalue weighted by molar-refractivity contribution is 0.555. The van der Waals surface area contributed by atoms with Crippen LogP contribution in [0.15, 0.2) is 47.9 Å². The van der Waals surface area contributed by atoms with Crippen molar-refractivity contribution < 1.29 is 4.39 Å². The van der Waals surface area contributed by atoms with Gasteiger partial charge in [0.15, 0.2) is 5.82 Å². The fourth-order valence-corrected chi connectivity index (χ4v) is 4.61. The van der Waals surface area contributed by atoms with Gasteiger partial charge in [-0.25, -0.2) is 24.3 Å². The zero-order chi connectivity index (χ0) is 25.0. The van der Waals surface area contributed by atoms with Crippen LogP contribution in [-0.4, -0.2) is 49.7 Å². The molecule has 1 aliphatic heterocycles. The van der Waals surface area contributed by atoms with Gasteiger partial charge in [-0.2, -0.15) is 4.68 Å². The van der Waals surface area contributed by atoms with E-state index >= 15 is 4.39 Å². The maximum atomic E-state index is 15.3. The first-order valence-corrected chi connectivity index (χ1v) is 11.3. The summed E-state index contributed by atoms with van der Waals surface area (Å²) in [6.45, 7) is 1.95. The van der Waals surface area contributed by atoms with E-state index in [4.69, 9.17) is 22.3 Å². The minimum absolute atomic E-state index is 0.0367. The molecular formula is C22H17ClFN11O. The highest BCUT2D eigenvalue weighted by Crippen LogP contribution is 2.39. The summed E-state index contributed by atoms with van der Waals surface area (Å²) in [7, 11) is 0. The van der Waals surface area contributed by atoms with Crippen LogP contribution in [0, 0.1) is 5.82 Å². The minimum atomic E-state index is -0.717. The molecule has 6 rings (SSSR count). The summed E-state index contributed by atoms with van der Waals surface area (Å²) in [6, 6.07) is 3.88. The Bertz CT molecular complexity index is 1650. The highest BCUT2D eigenvalue weighted by atomic mass is 35.5. The third-order valence-electron chi connectivity index (χ3n) is 6.13. The number of aromatic amines is 1. The second kappa shape index (κ2) is 8.30. The summed E-state index contributed by atoms with van der Waals surface area (Å²) in [5.41, 5.74) is 7.11. The molecular weight excluding hydrogens is 489 g/mol. The Hall–Kier alpha value is -4.52. The van der Waals surface area contributed by atoms with E-state index in [0.29, 0.717) is 35.0 Å². The molecule has 180 valence electrons. The first kappa shape index (κ1) is 22.0. The number of nitrogens with one attached hydrogen (secondary N) is 1. The van der Waals surface area contributed by atoms with Crippen LogP contribution in [-0.2, 0) is 0 Å². The molecule has 14 heteroatoms. The van der Waals surface area contributed by atoms with E-state index in [1.165, 1.54) is 23.1 Å². The number of imidazole rings is 1. The SMILES string of the molecule is C[C@@H]1C[C@H](c2ncc(-c3cnc(N)nc3)[nH]2)n2c1nc(-c1c(-n3cnnn3)ccc(Cl)c1F)cc2=O. The molecule has 0 fully saturated rings. The number of aromatic nitrogens is 10. The topological polar surface area (TPSA) is 159 Å². The molecule has 5 aromatic rings. The van der Waals surface area contributed by atoms with E-state index in [2.05, 4.69) is 35.5 Å². The van der Waals surface area contributed by atoms with Crippen molar-refractivity contribution in [3.63, 3.8) is 0 Å². The van der Waals surface area contributed by atoms with Crippen LogP contribution < -0.4 is 11.3 Å². The van der Waals surface area contributed by atoms with Crippen LogP contribution in [0.5, 0.6) is 0 Å². The molecule has 4 aromatic heterocycles. The van der Waals surface area contributed by atoms with Gasteiger partial charge in [0.1, 0.15) is 18.0 Å². The Morgan fingerprint density at radius 1 is 1.19 bits per heavy atom. The van der Waals surface area contributed by atoms with Crippen molar-refractivity contribution in [3.05, 3.63) is 76.0 Å². The number of nitrogens with two attached hydrogens (primary N) is 1. The van der Waals surface area contributed by atoms with Gasteiger partial charge in [0.05, 0.1) is 39.9 Å². The highest BCUT2D eigenvalue weighted by molar-refractivity contribution is 6.31. The van der Waals surface area contributed by atoms with Crippen LogP contribution in [0.2, 0.25) is 5.02 Å². The van der Waals surface area contributed by atoms with E-state index in [9.17, 15) is 4.79 Å². The Morgan fingerprint density at radius 2 is 2.00 bits per heavy atom. The van der Waals surface area contributed by atoms with Crippen LogP contribution in [0.1, 0.15) is 37.0 Å². The Morgan fingerprint density at radius 3 is 2.75 bits per heavy atom. The van der Waals surface area contributed by atoms with E-state index in [-0.39, 0.29) is 39.7 Å². The van der Waals surface area contributed by atoms with Gasteiger partial charge in [0.25, 0.3) is 5.56 Å². The Balaban J connectivity index is 1.44. The second-order valence-electron chi connectivity index (χ2n) is 8.38. The zero-order valence-electron chi connectivity index (χ0n) is 18.7. The van der Waals surface area contributed by atoms with Crippen molar-refractivity contribution in [2.45, 2.75) is 25.3 Å². The third kappa shape index (κ3) is 3.51. The van der Waals surface area contributed by atoms with Crippen LogP contribution in [0.4, 0.5) is 10.3 Å². The smallest absolute Gasteiger partial charge is 0.254 e. The van der Waals surface area contributed by atoms with Crippen molar-refractivity contribution in [3.8, 4) is 28.2 Å². The van der Waals surface area contributed by atoms with Gasteiger partial charge in [0, 0.05) is 29.9 Å². The lowest BCUT2D eigenvalue weighted by Gasteiger charge is -2.15. The standard InChI is InChI=1S/C22H17ClFN11O/c1-10-4-16(20-26-8-14(30-20)11-6-27-22(25)28-7-11)35-17(36)5-13(31-21(10)35)18-15(34-9-29-32-33-34)3-2-12(23)19(18)24/h2-3,5-10,16H,4H2,1H3,(H,26,30)(H2,25,27,28)/t10-,16-/m1/s1. The molecule has 0 saturated carbocycles. The predicted molar refractivity (Wildman–Crippen MR) is 127 cm³/mol. The molecule has 1 aromatic carbocycles. The number of fused-ring (bicyclic) bond motifs is 1. The quantitative estimate of drug-likeness (QED) is 0.374. The molecule has 3 N–H and O–H groups in total. The summed E-state index contributed by atoms with van der Waals surface area (Å²) < 4.78 is 18.1. The number of anilines is 1. The second-order valence-corrected chi connectivity index (χ2v) is 8.79. The van der Waals surface area contributed by atoms with Crippen molar-refractivity contribution in [2.24, 2.45) is 0 Å². The minimum Gasteiger partial charge on any atom is -0.368 e. The van der Waals surface area contributed by atoms with E-state index in [0.717, 1.165) is 0 Å². The molecule has 0 bridgehead atoms.